The average molecular weight is 351 g/mol. The van der Waals surface area contributed by atoms with Crippen LogP contribution in [0.25, 0.3) is 0 Å². The van der Waals surface area contributed by atoms with Crippen molar-refractivity contribution in [3.63, 3.8) is 0 Å². The number of rotatable bonds is 9. The van der Waals surface area contributed by atoms with E-state index >= 15 is 0 Å². The molecule has 0 saturated carbocycles. The van der Waals surface area contributed by atoms with E-state index in [0.29, 0.717) is 18.1 Å². The molecule has 24 heavy (non-hydrogen) atoms. The van der Waals surface area contributed by atoms with E-state index in [9.17, 15) is 8.42 Å². The molecule has 0 aliphatic carbocycles. The van der Waals surface area contributed by atoms with Gasteiger partial charge < -0.3 is 9.15 Å². The molecule has 0 aliphatic rings. The molecule has 0 fully saturated rings. The number of unbranched alkanes of at least 4 members (excludes halogenated alkanes) is 2. The van der Waals surface area contributed by atoms with Crippen LogP contribution < -0.4 is 9.46 Å². The molecule has 132 valence electrons. The predicted molar refractivity (Wildman–Crippen MR) is 93.7 cm³/mol. The minimum Gasteiger partial charge on any atom is -0.492 e. The normalized spacial score (nSPS) is 11.6. The molecule has 0 spiro atoms. The van der Waals surface area contributed by atoms with E-state index in [1.165, 1.54) is 6.26 Å². The van der Waals surface area contributed by atoms with Crippen LogP contribution in [0, 0.1) is 13.8 Å². The Labute approximate surface area is 144 Å². The van der Waals surface area contributed by atoms with Crippen molar-refractivity contribution in [1.29, 1.82) is 0 Å². The zero-order valence-electron chi connectivity index (χ0n) is 14.5. The zero-order valence-corrected chi connectivity index (χ0v) is 15.3. The number of hydrogen-bond donors (Lipinski definition) is 1. The molecule has 0 saturated heterocycles. The monoisotopic (exact) mass is 351 g/mol. The lowest BCUT2D eigenvalue weighted by atomic mass is 10.1. The van der Waals surface area contributed by atoms with Crippen molar-refractivity contribution in [3.8, 4) is 5.75 Å². The predicted octanol–water partition coefficient (Wildman–Crippen LogP) is 3.94. The Bertz CT molecular complexity index is 752. The van der Waals surface area contributed by atoms with Gasteiger partial charge >= 0.3 is 0 Å². The summed E-state index contributed by atoms with van der Waals surface area (Å²) in [6, 6.07) is 6.91. The Hall–Kier alpha value is -1.79. The van der Waals surface area contributed by atoms with Gasteiger partial charge in [-0.25, -0.2) is 13.1 Å². The molecule has 0 radical (unpaired) electrons. The highest BCUT2D eigenvalue weighted by atomic mass is 32.2. The molecule has 1 aromatic heterocycles. The fourth-order valence-corrected chi connectivity index (χ4v) is 3.48. The van der Waals surface area contributed by atoms with Crippen LogP contribution in [-0.2, 0) is 16.6 Å². The SMILES string of the molecule is CCCCCOc1cc(C)c(C)cc1S(=O)(=O)NCc1ccco1. The van der Waals surface area contributed by atoms with Crippen molar-refractivity contribution < 1.29 is 17.6 Å². The maximum absolute atomic E-state index is 12.7. The second kappa shape index (κ2) is 8.35. The van der Waals surface area contributed by atoms with E-state index < -0.39 is 10.0 Å². The van der Waals surface area contributed by atoms with Gasteiger partial charge in [-0.15, -0.1) is 0 Å². The molecule has 0 aliphatic heterocycles. The Kier molecular flexibility index (Phi) is 6.45. The summed E-state index contributed by atoms with van der Waals surface area (Å²) in [6.07, 6.45) is 4.57. The van der Waals surface area contributed by atoms with Gasteiger partial charge in [-0.05, 0) is 55.7 Å². The van der Waals surface area contributed by atoms with Gasteiger partial charge in [0.1, 0.15) is 16.4 Å². The van der Waals surface area contributed by atoms with Crippen LogP contribution in [0.1, 0.15) is 43.1 Å². The van der Waals surface area contributed by atoms with Crippen LogP contribution >= 0.6 is 0 Å². The highest BCUT2D eigenvalue weighted by molar-refractivity contribution is 7.89. The third-order valence-corrected chi connectivity index (χ3v) is 5.29. The van der Waals surface area contributed by atoms with Gasteiger partial charge in [-0.1, -0.05) is 19.8 Å². The Balaban J connectivity index is 2.20. The van der Waals surface area contributed by atoms with E-state index in [4.69, 9.17) is 9.15 Å². The minimum atomic E-state index is -3.68. The van der Waals surface area contributed by atoms with E-state index in [1.807, 2.05) is 13.8 Å². The lowest BCUT2D eigenvalue weighted by Crippen LogP contribution is -2.24. The summed E-state index contributed by atoms with van der Waals surface area (Å²) in [7, 11) is -3.68. The first-order chi connectivity index (χ1) is 11.4. The van der Waals surface area contributed by atoms with E-state index in [2.05, 4.69) is 11.6 Å². The molecule has 5 nitrogen and oxygen atoms in total. The molecule has 0 bridgehead atoms. The maximum atomic E-state index is 12.7. The van der Waals surface area contributed by atoms with Crippen LogP contribution in [0.15, 0.2) is 39.8 Å². The maximum Gasteiger partial charge on any atom is 0.244 e. The van der Waals surface area contributed by atoms with Crippen molar-refractivity contribution in [2.75, 3.05) is 6.61 Å². The Morgan fingerprint density at radius 3 is 2.58 bits per heavy atom. The van der Waals surface area contributed by atoms with Crippen molar-refractivity contribution in [2.45, 2.75) is 51.5 Å². The molecule has 1 aromatic carbocycles. The van der Waals surface area contributed by atoms with Crippen LogP contribution in [0.5, 0.6) is 5.75 Å². The standard InChI is InChI=1S/C18H25NO4S/c1-4-5-6-9-23-17-11-14(2)15(3)12-18(17)24(20,21)19-13-16-8-7-10-22-16/h7-8,10-12,19H,4-6,9,13H2,1-3H3. The summed E-state index contributed by atoms with van der Waals surface area (Å²) in [5, 5.41) is 0. The number of hydrogen-bond acceptors (Lipinski definition) is 4. The lowest BCUT2D eigenvalue weighted by Gasteiger charge is -2.15. The number of sulfonamides is 1. The summed E-state index contributed by atoms with van der Waals surface area (Å²) in [5.74, 6) is 0.967. The smallest absolute Gasteiger partial charge is 0.244 e. The second-order valence-electron chi connectivity index (χ2n) is 5.84. The van der Waals surface area contributed by atoms with Crippen LogP contribution in [-0.4, -0.2) is 15.0 Å². The molecule has 0 unspecified atom stereocenters. The quantitative estimate of drug-likeness (QED) is 0.695. The highest BCUT2D eigenvalue weighted by Crippen LogP contribution is 2.28. The van der Waals surface area contributed by atoms with E-state index in [-0.39, 0.29) is 11.4 Å². The number of ether oxygens (including phenoxy) is 1. The van der Waals surface area contributed by atoms with Crippen LogP contribution in [0.4, 0.5) is 0 Å². The van der Waals surface area contributed by atoms with Crippen LogP contribution in [0.2, 0.25) is 0 Å². The Morgan fingerprint density at radius 1 is 1.17 bits per heavy atom. The van der Waals surface area contributed by atoms with Gasteiger partial charge in [0.25, 0.3) is 0 Å². The third kappa shape index (κ3) is 4.85. The minimum absolute atomic E-state index is 0.109. The van der Waals surface area contributed by atoms with Crippen LogP contribution in [0.3, 0.4) is 0 Å². The first-order valence-electron chi connectivity index (χ1n) is 8.20. The topological polar surface area (TPSA) is 68.5 Å². The molecule has 1 N–H and O–H groups in total. The molecule has 6 heteroatoms. The van der Waals surface area contributed by atoms with Gasteiger partial charge in [0, 0.05) is 0 Å². The van der Waals surface area contributed by atoms with Crippen molar-refractivity contribution >= 4 is 10.0 Å². The first-order valence-corrected chi connectivity index (χ1v) is 9.68. The molecule has 2 rings (SSSR count). The van der Waals surface area contributed by atoms with Gasteiger partial charge in [0.2, 0.25) is 10.0 Å². The highest BCUT2D eigenvalue weighted by Gasteiger charge is 2.21. The summed E-state index contributed by atoms with van der Waals surface area (Å²) in [4.78, 5) is 0.175. The van der Waals surface area contributed by atoms with Crippen molar-refractivity contribution in [3.05, 3.63) is 47.4 Å². The zero-order chi connectivity index (χ0) is 17.6. The van der Waals surface area contributed by atoms with Crippen molar-refractivity contribution in [1.82, 2.24) is 4.72 Å². The molecular weight excluding hydrogens is 326 g/mol. The molecule has 0 atom stereocenters. The van der Waals surface area contributed by atoms with Gasteiger partial charge in [-0.3, -0.25) is 0 Å². The largest absolute Gasteiger partial charge is 0.492 e. The number of furan rings is 1. The third-order valence-electron chi connectivity index (χ3n) is 3.87. The lowest BCUT2D eigenvalue weighted by molar-refractivity contribution is 0.298. The molecular formula is C18H25NO4S. The summed E-state index contributed by atoms with van der Waals surface area (Å²) >= 11 is 0. The molecule has 2 aromatic rings. The average Bonchev–Trinajstić information content (AvgIpc) is 3.06. The number of nitrogens with one attached hydrogen (secondary N) is 1. The molecule has 1 heterocycles. The number of aryl methyl sites for hydroxylation is 2. The Morgan fingerprint density at radius 2 is 1.92 bits per heavy atom. The van der Waals surface area contributed by atoms with E-state index in [1.54, 1.807) is 24.3 Å². The summed E-state index contributed by atoms with van der Waals surface area (Å²) < 4.78 is 38.8. The fourth-order valence-electron chi connectivity index (χ4n) is 2.28. The number of benzene rings is 1. The van der Waals surface area contributed by atoms with Gasteiger partial charge in [0.15, 0.2) is 0 Å². The van der Waals surface area contributed by atoms with E-state index in [0.717, 1.165) is 30.4 Å². The van der Waals surface area contributed by atoms with Gasteiger partial charge in [0.05, 0.1) is 19.4 Å². The fraction of sp³-hybridized carbons (Fsp3) is 0.444. The second-order valence-corrected chi connectivity index (χ2v) is 7.58. The first kappa shape index (κ1) is 18.5. The van der Waals surface area contributed by atoms with Gasteiger partial charge in [-0.2, -0.15) is 0 Å². The molecule has 0 amide bonds. The summed E-state index contributed by atoms with van der Waals surface area (Å²) in [6.45, 7) is 6.57. The summed E-state index contributed by atoms with van der Waals surface area (Å²) in [5.41, 5.74) is 1.92. The van der Waals surface area contributed by atoms with Crippen molar-refractivity contribution in [2.24, 2.45) is 0 Å².